The minimum Gasteiger partial charge on any atom is -0.497 e. The van der Waals surface area contributed by atoms with Crippen molar-refractivity contribution in [2.75, 3.05) is 12.0 Å². The maximum absolute atomic E-state index is 13.1. The standard InChI is InChI=1S/C19H20F3N3O3/c1-3-4-5-14-17(27)24(11-12-6-8-13(28-2)9-7-12)18-23-15(19(20,21)22)10-16(26)25(14)18/h6-10,14H,3-5,11H2,1-2H3. The second-order valence-electron chi connectivity index (χ2n) is 6.58. The number of halogens is 3. The molecular weight excluding hydrogens is 375 g/mol. The van der Waals surface area contributed by atoms with Crippen molar-refractivity contribution in [3.05, 3.63) is 51.9 Å². The average molecular weight is 395 g/mol. The first kappa shape index (κ1) is 19.9. The zero-order valence-electron chi connectivity index (χ0n) is 15.5. The topological polar surface area (TPSA) is 64.4 Å². The van der Waals surface area contributed by atoms with Gasteiger partial charge in [-0.3, -0.25) is 19.1 Å². The number of hydrogen-bond acceptors (Lipinski definition) is 4. The first-order chi connectivity index (χ1) is 13.3. The number of alkyl halides is 3. The van der Waals surface area contributed by atoms with Crippen LogP contribution in [0.5, 0.6) is 5.75 Å². The summed E-state index contributed by atoms with van der Waals surface area (Å²) < 4.78 is 45.6. The third-order valence-corrected chi connectivity index (χ3v) is 4.66. The van der Waals surface area contributed by atoms with Crippen molar-refractivity contribution in [3.8, 4) is 5.75 Å². The minimum atomic E-state index is -4.77. The number of rotatable bonds is 6. The molecule has 6 nitrogen and oxygen atoms in total. The van der Waals surface area contributed by atoms with Crippen LogP contribution in [0.4, 0.5) is 19.1 Å². The smallest absolute Gasteiger partial charge is 0.433 e. The highest BCUT2D eigenvalue weighted by Crippen LogP contribution is 2.35. The lowest BCUT2D eigenvalue weighted by molar-refractivity contribution is -0.141. The molecule has 1 aliphatic rings. The van der Waals surface area contributed by atoms with Crippen LogP contribution in [0.25, 0.3) is 0 Å². The van der Waals surface area contributed by atoms with E-state index >= 15 is 0 Å². The highest BCUT2D eigenvalue weighted by molar-refractivity contribution is 5.98. The number of unbranched alkanes of at least 4 members (excludes halogenated alkanes) is 1. The summed E-state index contributed by atoms with van der Waals surface area (Å²) in [6.45, 7) is 1.95. The van der Waals surface area contributed by atoms with Crippen molar-refractivity contribution in [2.45, 2.75) is 44.9 Å². The van der Waals surface area contributed by atoms with Gasteiger partial charge in [0.25, 0.3) is 11.5 Å². The van der Waals surface area contributed by atoms with E-state index in [0.29, 0.717) is 30.2 Å². The van der Waals surface area contributed by atoms with Crippen LogP contribution < -0.4 is 15.2 Å². The fourth-order valence-electron chi connectivity index (χ4n) is 3.21. The van der Waals surface area contributed by atoms with Crippen LogP contribution >= 0.6 is 0 Å². The molecular formula is C19H20F3N3O3. The van der Waals surface area contributed by atoms with Crippen molar-refractivity contribution in [2.24, 2.45) is 0 Å². The Morgan fingerprint density at radius 1 is 1.18 bits per heavy atom. The summed E-state index contributed by atoms with van der Waals surface area (Å²) in [5.41, 5.74) is -1.49. The first-order valence-corrected chi connectivity index (χ1v) is 8.91. The molecule has 2 heterocycles. The lowest BCUT2D eigenvalue weighted by atomic mass is 10.1. The molecule has 1 aliphatic heterocycles. The number of carbonyl (C=O) groups excluding carboxylic acids is 1. The predicted molar refractivity (Wildman–Crippen MR) is 96.2 cm³/mol. The summed E-state index contributed by atoms with van der Waals surface area (Å²) in [7, 11) is 1.52. The second kappa shape index (κ2) is 7.65. The van der Waals surface area contributed by atoms with E-state index in [1.807, 2.05) is 6.92 Å². The Bertz CT molecular complexity index is 923. The van der Waals surface area contributed by atoms with Crippen molar-refractivity contribution in [1.29, 1.82) is 0 Å². The summed E-state index contributed by atoms with van der Waals surface area (Å²) in [5.74, 6) is -0.0682. The molecule has 1 atom stereocenters. The largest absolute Gasteiger partial charge is 0.497 e. The molecule has 0 saturated carbocycles. The molecule has 2 aromatic rings. The van der Waals surface area contributed by atoms with Crippen LogP contribution in [-0.2, 0) is 17.5 Å². The lowest BCUT2D eigenvalue weighted by Crippen LogP contribution is -2.29. The normalized spacial score (nSPS) is 16.4. The summed E-state index contributed by atoms with van der Waals surface area (Å²) in [4.78, 5) is 30.1. The molecule has 9 heteroatoms. The van der Waals surface area contributed by atoms with Gasteiger partial charge < -0.3 is 4.74 Å². The third-order valence-electron chi connectivity index (χ3n) is 4.66. The van der Waals surface area contributed by atoms with Gasteiger partial charge in [-0.15, -0.1) is 0 Å². The number of methoxy groups -OCH3 is 1. The second-order valence-corrected chi connectivity index (χ2v) is 6.58. The molecule has 0 bridgehead atoms. The van der Waals surface area contributed by atoms with Crippen LogP contribution in [0.1, 0.15) is 43.5 Å². The zero-order chi connectivity index (χ0) is 20.5. The fraction of sp³-hybridized carbons (Fsp3) is 0.421. The molecule has 28 heavy (non-hydrogen) atoms. The quantitative estimate of drug-likeness (QED) is 0.750. The monoisotopic (exact) mass is 395 g/mol. The maximum atomic E-state index is 13.1. The molecule has 3 rings (SSSR count). The number of fused-ring (bicyclic) bond motifs is 1. The lowest BCUT2D eigenvalue weighted by Gasteiger charge is -2.17. The van der Waals surface area contributed by atoms with Crippen LogP contribution in [0.15, 0.2) is 35.1 Å². The van der Waals surface area contributed by atoms with Crippen LogP contribution in [0.3, 0.4) is 0 Å². The summed E-state index contributed by atoms with van der Waals surface area (Å²) in [6, 6.07) is 6.42. The van der Waals surface area contributed by atoms with E-state index in [0.717, 1.165) is 15.9 Å². The van der Waals surface area contributed by atoms with Crippen molar-refractivity contribution in [3.63, 3.8) is 0 Å². The van der Waals surface area contributed by atoms with Crippen molar-refractivity contribution >= 4 is 11.9 Å². The van der Waals surface area contributed by atoms with E-state index < -0.39 is 29.4 Å². The van der Waals surface area contributed by atoms with Gasteiger partial charge in [-0.2, -0.15) is 13.2 Å². The molecule has 1 aromatic carbocycles. The number of aromatic nitrogens is 2. The van der Waals surface area contributed by atoms with Gasteiger partial charge in [0.1, 0.15) is 11.8 Å². The van der Waals surface area contributed by atoms with Gasteiger partial charge in [0.05, 0.1) is 13.7 Å². The van der Waals surface area contributed by atoms with Gasteiger partial charge in [0, 0.05) is 6.07 Å². The van der Waals surface area contributed by atoms with E-state index in [9.17, 15) is 22.8 Å². The molecule has 1 aromatic heterocycles. The van der Waals surface area contributed by atoms with E-state index in [1.54, 1.807) is 24.3 Å². The van der Waals surface area contributed by atoms with E-state index in [1.165, 1.54) is 7.11 Å². The van der Waals surface area contributed by atoms with Gasteiger partial charge in [-0.25, -0.2) is 4.98 Å². The van der Waals surface area contributed by atoms with E-state index in [-0.39, 0.29) is 12.5 Å². The Hall–Kier alpha value is -2.84. The molecule has 0 N–H and O–H groups in total. The Labute approximate surface area is 159 Å². The molecule has 1 unspecified atom stereocenters. The third kappa shape index (κ3) is 3.74. The SMILES string of the molecule is CCCCC1C(=O)N(Cc2ccc(OC)cc2)c2nc(C(F)(F)F)cc(=O)n21. The maximum Gasteiger partial charge on any atom is 0.433 e. The van der Waals surface area contributed by atoms with Gasteiger partial charge in [-0.1, -0.05) is 31.9 Å². The molecule has 150 valence electrons. The van der Waals surface area contributed by atoms with Gasteiger partial charge in [0.2, 0.25) is 5.95 Å². The van der Waals surface area contributed by atoms with Crippen molar-refractivity contribution < 1.29 is 22.7 Å². The number of anilines is 1. The minimum absolute atomic E-state index is 0.0131. The Kier molecular flexibility index (Phi) is 5.44. The molecule has 0 saturated heterocycles. The molecule has 1 amide bonds. The summed E-state index contributed by atoms with van der Waals surface area (Å²) in [6.07, 6.45) is -2.94. The number of carbonyl (C=O) groups is 1. The fourth-order valence-corrected chi connectivity index (χ4v) is 3.21. The Morgan fingerprint density at radius 3 is 2.43 bits per heavy atom. The number of nitrogens with zero attached hydrogens (tertiary/aromatic N) is 3. The van der Waals surface area contributed by atoms with Crippen molar-refractivity contribution in [1.82, 2.24) is 9.55 Å². The first-order valence-electron chi connectivity index (χ1n) is 8.91. The van der Waals surface area contributed by atoms with Crippen LogP contribution in [0, 0.1) is 0 Å². The highest BCUT2D eigenvalue weighted by Gasteiger charge is 2.42. The van der Waals surface area contributed by atoms with Gasteiger partial charge in [0.15, 0.2) is 5.69 Å². The van der Waals surface area contributed by atoms with Crippen LogP contribution in [0.2, 0.25) is 0 Å². The predicted octanol–water partition coefficient (Wildman–Crippen LogP) is 3.55. The average Bonchev–Trinajstić information content (AvgIpc) is 2.92. The number of ether oxygens (including phenoxy) is 1. The summed E-state index contributed by atoms with van der Waals surface area (Å²) in [5, 5.41) is 0. The Morgan fingerprint density at radius 2 is 1.86 bits per heavy atom. The number of benzene rings is 1. The Balaban J connectivity index is 2.04. The van der Waals surface area contributed by atoms with Crippen LogP contribution in [-0.4, -0.2) is 22.6 Å². The number of amides is 1. The number of hydrogen-bond donors (Lipinski definition) is 0. The van der Waals surface area contributed by atoms with Gasteiger partial charge in [-0.05, 0) is 24.1 Å². The van der Waals surface area contributed by atoms with E-state index in [2.05, 4.69) is 4.98 Å². The molecule has 0 spiro atoms. The molecule has 0 aliphatic carbocycles. The molecule has 0 fully saturated rings. The summed E-state index contributed by atoms with van der Waals surface area (Å²) >= 11 is 0. The highest BCUT2D eigenvalue weighted by atomic mass is 19.4. The molecule has 0 radical (unpaired) electrons. The van der Waals surface area contributed by atoms with E-state index in [4.69, 9.17) is 4.74 Å². The van der Waals surface area contributed by atoms with Gasteiger partial charge >= 0.3 is 6.18 Å². The zero-order valence-corrected chi connectivity index (χ0v) is 15.5.